The van der Waals surface area contributed by atoms with Crippen LogP contribution in [0.25, 0.3) is 11.1 Å². The Morgan fingerprint density at radius 1 is 0.563 bits per heavy atom. The molecule has 0 spiro atoms. The molecule has 32 nitrogen and oxygen atoms in total. The fourth-order valence-corrected chi connectivity index (χ4v) is 11.1. The van der Waals surface area contributed by atoms with E-state index in [1.807, 2.05) is 0 Å². The number of aryl methyl sites for hydroxylation is 1. The Kier molecular flexibility index (Phi) is 37.4. The van der Waals surface area contributed by atoms with E-state index >= 15 is 8.78 Å². The number of carboxylic acids is 2. The maximum atomic E-state index is 15.0. The van der Waals surface area contributed by atoms with Crippen LogP contribution in [0.15, 0.2) is 82.4 Å². The van der Waals surface area contributed by atoms with Gasteiger partial charge in [0.05, 0.1) is 56.0 Å². The smallest absolute Gasteiger partial charge is 0.331 e. The molecule has 0 unspecified atom stereocenters. The number of unbranched alkanes of at least 4 members (excludes halogenated alkanes) is 4. The second-order valence-electron chi connectivity index (χ2n) is 24.9. The number of carbonyl (C=O) groups is 9. The molecule has 0 saturated heterocycles. The SMILES string of the molecule is Cc1c(-c2cccc(CCC(=O)NCCCCCCCC(=O)N[C@H](CCC(=O)NC[C@H](O)[C@@H](O)[C@H](O)[C@H](O)CO)C(=O)N[C@H](CCC(=O)O)C(=O)N[C@H](CCC(=O)NC[C@H](O)[C@@H](O)[C@H](O)[C@H](O)CO)C(=O)C[C@H](CS)C(=O)O)c2)c(=O)n(C[C@@H](N)c2ccccc2)c(=O)n1Cc1c(F)cccc1F. The molecule has 13 atom stereocenters. The number of benzene rings is 3. The van der Waals surface area contributed by atoms with Crippen molar-refractivity contribution in [3.05, 3.63) is 128 Å². The van der Waals surface area contributed by atoms with E-state index in [0.717, 1.165) is 21.3 Å². The molecule has 0 bridgehead atoms. The Balaban J connectivity index is 1.41. The number of aliphatic hydroxyl groups excluding tert-OH is 10. The van der Waals surface area contributed by atoms with Gasteiger partial charge in [0.2, 0.25) is 35.4 Å². The molecule has 0 aliphatic rings. The van der Waals surface area contributed by atoms with Crippen LogP contribution in [0.1, 0.15) is 118 Å². The number of carboxylic acid groups (broad SMARTS) is 2. The van der Waals surface area contributed by atoms with Crippen LogP contribution >= 0.6 is 12.6 Å². The molecular weight excluding hydrogens is 1380 g/mol. The highest BCUT2D eigenvalue weighted by molar-refractivity contribution is 7.80. The summed E-state index contributed by atoms with van der Waals surface area (Å²) in [4.78, 5) is 147. The van der Waals surface area contributed by atoms with Crippen LogP contribution in [0.4, 0.5) is 8.78 Å². The number of aromatic nitrogens is 2. The van der Waals surface area contributed by atoms with Gasteiger partial charge in [-0.15, -0.1) is 0 Å². The third-order valence-corrected chi connectivity index (χ3v) is 17.5. The number of aliphatic carboxylic acids is 2. The van der Waals surface area contributed by atoms with Gasteiger partial charge in [0.1, 0.15) is 60.3 Å². The largest absolute Gasteiger partial charge is 0.481 e. The zero-order valence-corrected chi connectivity index (χ0v) is 57.6. The van der Waals surface area contributed by atoms with Gasteiger partial charge in [-0.1, -0.05) is 79.9 Å². The number of aliphatic hydroxyl groups is 10. The average molecular weight is 1480 g/mol. The first kappa shape index (κ1) is 86.9. The summed E-state index contributed by atoms with van der Waals surface area (Å²) in [6.07, 6.45) is -17.9. The number of carbonyl (C=O) groups excluding carboxylic acids is 7. The first-order valence-corrected chi connectivity index (χ1v) is 34.1. The van der Waals surface area contributed by atoms with E-state index in [9.17, 15) is 104 Å². The second kappa shape index (κ2) is 44.3. The minimum Gasteiger partial charge on any atom is -0.481 e. The summed E-state index contributed by atoms with van der Waals surface area (Å²) in [5.74, 6) is -12.7. The van der Waals surface area contributed by atoms with Gasteiger partial charge in [-0.2, -0.15) is 12.6 Å². The Labute approximate surface area is 596 Å². The lowest BCUT2D eigenvalue weighted by molar-refractivity contribution is -0.143. The number of ketones is 1. The Hall–Kier alpha value is -8.46. The van der Waals surface area contributed by atoms with E-state index in [1.54, 1.807) is 54.6 Å². The second-order valence-corrected chi connectivity index (χ2v) is 25.2. The molecule has 6 amide bonds. The number of hydrogen-bond acceptors (Lipinski definition) is 23. The molecule has 570 valence electrons. The van der Waals surface area contributed by atoms with E-state index in [0.29, 0.717) is 42.4 Å². The summed E-state index contributed by atoms with van der Waals surface area (Å²) in [6, 6.07) is 12.8. The van der Waals surface area contributed by atoms with Crippen LogP contribution in [0.3, 0.4) is 0 Å². The van der Waals surface area contributed by atoms with E-state index in [2.05, 4.69) is 44.5 Å². The molecule has 20 N–H and O–H groups in total. The van der Waals surface area contributed by atoms with Crippen LogP contribution in [-0.2, 0) is 62.7 Å². The summed E-state index contributed by atoms with van der Waals surface area (Å²) in [7, 11) is 0. The van der Waals surface area contributed by atoms with E-state index in [4.69, 9.17) is 15.9 Å². The quantitative estimate of drug-likeness (QED) is 0.0155. The van der Waals surface area contributed by atoms with Gasteiger partial charge >= 0.3 is 17.6 Å². The molecule has 103 heavy (non-hydrogen) atoms. The van der Waals surface area contributed by atoms with Gasteiger partial charge in [-0.25, -0.2) is 13.6 Å². The number of halogens is 2. The molecule has 35 heteroatoms. The minimum absolute atomic E-state index is 0.0336. The number of thiol groups is 1. The fourth-order valence-electron chi connectivity index (χ4n) is 10.8. The summed E-state index contributed by atoms with van der Waals surface area (Å²) < 4.78 is 32.1. The van der Waals surface area contributed by atoms with Crippen LogP contribution in [0.2, 0.25) is 0 Å². The lowest BCUT2D eigenvalue weighted by Crippen LogP contribution is -2.56. The lowest BCUT2D eigenvalue weighted by Gasteiger charge is -2.26. The maximum absolute atomic E-state index is 15.0. The monoisotopic (exact) mass is 1480 g/mol. The van der Waals surface area contributed by atoms with Gasteiger partial charge in [0.15, 0.2) is 5.78 Å². The molecule has 4 rings (SSSR count). The van der Waals surface area contributed by atoms with Crippen LogP contribution in [0.5, 0.6) is 0 Å². The number of nitrogens with two attached hydrogens (primary N) is 1. The van der Waals surface area contributed by atoms with Crippen LogP contribution in [0, 0.1) is 24.5 Å². The van der Waals surface area contributed by atoms with Crippen molar-refractivity contribution in [3.8, 4) is 11.1 Å². The standard InChI is InChI=1S/C68H95F2N9O23S/c1-37-59(66(99)79(33-45(71)39-13-6-5-7-14-39)68(102)78(37)32-42-43(69)16-11-17-44(42)70)40-15-10-12-38(28-40)19-23-54(87)72-27-9-4-2-3-8-18-57(90)75-47(21-25-56(89)74-31-51(84)61(94)63(96)53(86)35-81)64(97)77-48(22-26-58(91)92)65(98)76-46(49(82)29-41(36-103)67(100)101)20-24-55(88)73-30-50(83)60(93)62(95)52(85)34-80/h5-7,10-17,28,41,45-48,50-53,60-63,80-81,83-86,93-96,103H,2-4,8-9,18-27,29-36,71H2,1H3,(H,72,87)(H,73,88)(H,74,89)(H,75,90)(H,76,98)(H,77,97)(H,91,92)(H,100,101)/t41-,45-,46-,47-,48-,50+,51+,52-,53-,60-,61-,62-,63-/m1/s1. The maximum Gasteiger partial charge on any atom is 0.331 e. The normalized spacial score (nSPS) is 15.3. The van der Waals surface area contributed by atoms with Crippen molar-refractivity contribution >= 4 is 65.8 Å². The first-order valence-electron chi connectivity index (χ1n) is 33.5. The van der Waals surface area contributed by atoms with Crippen molar-refractivity contribution < 1.29 is 113 Å². The number of rotatable bonds is 48. The third-order valence-electron chi connectivity index (χ3n) is 17.1. The van der Waals surface area contributed by atoms with Gasteiger partial charge in [-0.05, 0) is 74.3 Å². The number of Topliss-reactive ketones (excluding diaryl/α,β-unsaturated/α-hetero) is 1. The molecule has 1 heterocycles. The molecular formula is C68H95F2N9O23S. The zero-order chi connectivity index (χ0) is 76.6. The van der Waals surface area contributed by atoms with Crippen LogP contribution in [-0.4, -0.2) is 229 Å². The number of nitrogens with one attached hydrogen (secondary N) is 6. The van der Waals surface area contributed by atoms with Crippen molar-refractivity contribution in [1.82, 2.24) is 41.0 Å². The molecule has 0 aliphatic heterocycles. The summed E-state index contributed by atoms with van der Waals surface area (Å²) in [5, 5.41) is 132. The van der Waals surface area contributed by atoms with Gasteiger partial charge in [-0.3, -0.25) is 57.1 Å². The molecule has 4 aromatic rings. The minimum atomic E-state index is -2.06. The number of nitrogens with zero attached hydrogens (tertiary/aromatic N) is 2. The summed E-state index contributed by atoms with van der Waals surface area (Å²) in [6.45, 7) is -2.47. The Morgan fingerprint density at radius 3 is 1.62 bits per heavy atom. The van der Waals surface area contributed by atoms with E-state index in [1.165, 1.54) is 13.0 Å². The lowest BCUT2D eigenvalue weighted by atomic mass is 9.96. The third kappa shape index (κ3) is 28.3. The van der Waals surface area contributed by atoms with E-state index in [-0.39, 0.29) is 67.3 Å². The molecule has 3 aromatic carbocycles. The van der Waals surface area contributed by atoms with Crippen molar-refractivity contribution in [2.75, 3.05) is 38.6 Å². The highest BCUT2D eigenvalue weighted by Gasteiger charge is 2.35. The molecule has 1 aromatic heterocycles. The zero-order valence-electron chi connectivity index (χ0n) is 56.7. The van der Waals surface area contributed by atoms with Crippen molar-refractivity contribution in [3.63, 3.8) is 0 Å². The first-order chi connectivity index (χ1) is 48.8. The van der Waals surface area contributed by atoms with E-state index < -0.39 is 227 Å². The Morgan fingerprint density at radius 2 is 1.07 bits per heavy atom. The predicted molar refractivity (Wildman–Crippen MR) is 367 cm³/mol. The van der Waals surface area contributed by atoms with Crippen molar-refractivity contribution in [1.29, 1.82) is 0 Å². The summed E-state index contributed by atoms with van der Waals surface area (Å²) in [5.41, 5.74) is 6.49. The van der Waals surface area contributed by atoms with Gasteiger partial charge in [0.25, 0.3) is 5.56 Å². The van der Waals surface area contributed by atoms with Gasteiger partial charge in [0, 0.05) is 81.2 Å². The average Bonchev–Trinajstić information content (AvgIpc) is 0.761. The Bertz CT molecular complexity index is 3570. The van der Waals surface area contributed by atoms with Crippen LogP contribution < -0.4 is 48.9 Å². The van der Waals surface area contributed by atoms with Crippen molar-refractivity contribution in [2.24, 2.45) is 11.7 Å². The van der Waals surface area contributed by atoms with Crippen molar-refractivity contribution in [2.45, 2.75) is 189 Å². The fraction of sp³-hybridized carbons (Fsp3) is 0.544. The molecule has 0 aliphatic carbocycles. The summed E-state index contributed by atoms with van der Waals surface area (Å²) >= 11 is 3.96. The molecule has 0 radical (unpaired) electrons. The predicted octanol–water partition coefficient (Wildman–Crippen LogP) is -3.03. The highest BCUT2D eigenvalue weighted by Crippen LogP contribution is 2.24. The topological polar surface area (TPSA) is 539 Å². The number of hydrogen-bond donors (Lipinski definition) is 20. The molecule has 0 saturated carbocycles. The molecule has 0 fully saturated rings. The van der Waals surface area contributed by atoms with Gasteiger partial charge < -0.3 is 98.9 Å². The highest BCUT2D eigenvalue weighted by atomic mass is 32.1. The number of amides is 6.